The summed E-state index contributed by atoms with van der Waals surface area (Å²) in [5, 5.41) is 82.6. The topological polar surface area (TPSA) is 356 Å². The minimum absolute atomic E-state index is 0.0387. The number of nitrogens with zero attached hydrogens (tertiary/aromatic N) is 2. The van der Waals surface area contributed by atoms with Crippen molar-refractivity contribution in [1.82, 2.24) is 19.9 Å². The minimum atomic E-state index is -1.61. The molecule has 7 aromatic rings. The molecule has 0 aliphatic carbocycles. The average molecular weight is 967 g/mol. The van der Waals surface area contributed by atoms with E-state index in [-0.39, 0.29) is 72.6 Å². The summed E-state index contributed by atoms with van der Waals surface area (Å²) in [6.07, 6.45) is 4.68. The molecule has 3 aromatic heterocycles. The van der Waals surface area contributed by atoms with Crippen molar-refractivity contribution in [2.24, 2.45) is 0 Å². The number of aromatic amines is 2. The van der Waals surface area contributed by atoms with Crippen molar-refractivity contribution < 1.29 is 79.2 Å². The number of benzene rings is 4. The van der Waals surface area contributed by atoms with Gasteiger partial charge in [0.05, 0.1) is 72.8 Å². The summed E-state index contributed by atoms with van der Waals surface area (Å²) in [5.41, 5.74) is -4.56. The second-order valence-electron chi connectivity index (χ2n) is 16.2. The Labute approximate surface area is 401 Å². The number of nitrogens with one attached hydrogen (secondary N) is 2. The van der Waals surface area contributed by atoms with Crippen molar-refractivity contribution in [2.75, 3.05) is 0 Å². The summed E-state index contributed by atoms with van der Waals surface area (Å²) >= 11 is 0. The third-order valence-electron chi connectivity index (χ3n) is 11.5. The molecule has 0 unspecified atom stereocenters. The highest BCUT2D eigenvalue weighted by molar-refractivity contribution is 6.14. The van der Waals surface area contributed by atoms with E-state index in [0.717, 1.165) is 72.8 Å². The lowest BCUT2D eigenvalue weighted by molar-refractivity contribution is 0.0676. The van der Waals surface area contributed by atoms with E-state index < -0.39 is 92.3 Å². The Kier molecular flexibility index (Phi) is 11.4. The number of rotatable bonds is 12. The maximum absolute atomic E-state index is 12.8. The fourth-order valence-electron chi connectivity index (χ4n) is 8.43. The van der Waals surface area contributed by atoms with Crippen molar-refractivity contribution in [2.45, 2.75) is 0 Å². The van der Waals surface area contributed by atoms with Crippen molar-refractivity contribution in [1.29, 1.82) is 0 Å². The van der Waals surface area contributed by atoms with E-state index in [0.29, 0.717) is 16.7 Å². The first-order chi connectivity index (χ1) is 34.2. The highest BCUT2D eigenvalue weighted by Crippen LogP contribution is 2.47. The Morgan fingerprint density at radius 3 is 1.10 bits per heavy atom. The Morgan fingerprint density at radius 2 is 0.694 bits per heavy atom. The summed E-state index contributed by atoms with van der Waals surface area (Å²) in [4.78, 5) is 118. The first-order valence-electron chi connectivity index (χ1n) is 20.9. The van der Waals surface area contributed by atoms with Gasteiger partial charge in [0.2, 0.25) is 0 Å². The van der Waals surface area contributed by atoms with Gasteiger partial charge in [-0.3, -0.25) is 0 Å². The highest BCUT2D eigenvalue weighted by atomic mass is 16.4. The van der Waals surface area contributed by atoms with Gasteiger partial charge in [0.25, 0.3) is 0 Å². The average Bonchev–Trinajstić information content (AvgIpc) is 4.15. The molecule has 2 aliphatic heterocycles. The number of aromatic nitrogens is 4. The van der Waals surface area contributed by atoms with Gasteiger partial charge in [-0.15, -0.1) is 0 Å². The number of hydrogen-bond donors (Lipinski definition) is 10. The van der Waals surface area contributed by atoms with Gasteiger partial charge in [-0.25, -0.2) is 48.3 Å². The predicted molar refractivity (Wildman–Crippen MR) is 255 cm³/mol. The van der Waals surface area contributed by atoms with Gasteiger partial charge in [-0.05, 0) is 144 Å². The van der Waals surface area contributed by atoms with Crippen LogP contribution in [0.2, 0.25) is 0 Å². The lowest BCUT2D eigenvalue weighted by atomic mass is 9.88. The van der Waals surface area contributed by atoms with Crippen molar-refractivity contribution in [3.63, 3.8) is 0 Å². The third kappa shape index (κ3) is 8.78. The fraction of sp³-hybridized carbons (Fsp3) is 0. The third-order valence-corrected chi connectivity index (χ3v) is 11.5. The van der Waals surface area contributed by atoms with E-state index in [1.165, 1.54) is 12.1 Å². The number of fused-ring (bicyclic) bond motifs is 8. The number of carboxylic acids is 8. The maximum Gasteiger partial charge on any atom is 0.335 e. The zero-order chi connectivity index (χ0) is 51.4. The van der Waals surface area contributed by atoms with Crippen LogP contribution in [0.5, 0.6) is 0 Å². The molecule has 0 fully saturated rings. The van der Waals surface area contributed by atoms with Gasteiger partial charge < -0.3 is 50.8 Å². The van der Waals surface area contributed by atoms with E-state index >= 15 is 0 Å². The molecule has 0 radical (unpaired) electrons. The zero-order valence-electron chi connectivity index (χ0n) is 36.3. The van der Waals surface area contributed by atoms with Crippen LogP contribution in [0.1, 0.15) is 111 Å². The summed E-state index contributed by atoms with van der Waals surface area (Å²) in [5.74, 6) is -12.6. The van der Waals surface area contributed by atoms with Crippen molar-refractivity contribution in [3.8, 4) is 33.4 Å². The summed E-state index contributed by atoms with van der Waals surface area (Å²) in [6, 6.07) is 20.3. The molecule has 5 heterocycles. The number of hydrogen-bond acceptors (Lipinski definition) is 10. The van der Waals surface area contributed by atoms with Crippen molar-refractivity contribution >= 4 is 93.6 Å². The van der Waals surface area contributed by atoms with E-state index in [9.17, 15) is 79.2 Å². The predicted octanol–water partition coefficient (Wildman–Crippen LogP) is 8.66. The Morgan fingerprint density at radius 1 is 0.347 bits per heavy atom. The molecular formula is C52H30N4O16. The molecule has 0 saturated carbocycles. The Bertz CT molecular complexity index is 3780. The number of carboxylic acid groups (broad SMARTS) is 8. The van der Waals surface area contributed by atoms with E-state index in [1.807, 2.05) is 0 Å². The lowest BCUT2D eigenvalue weighted by Gasteiger charge is -2.15. The van der Waals surface area contributed by atoms with Gasteiger partial charge in [0, 0.05) is 38.8 Å². The summed E-state index contributed by atoms with van der Waals surface area (Å²) in [7, 11) is 0. The molecular weight excluding hydrogens is 937 g/mol. The monoisotopic (exact) mass is 966 g/mol. The Hall–Kier alpha value is -10.8. The second-order valence-corrected chi connectivity index (χ2v) is 16.2. The van der Waals surface area contributed by atoms with Gasteiger partial charge in [0.15, 0.2) is 0 Å². The molecule has 8 bridgehead atoms. The SMILES string of the molecule is O=C(O)c1cc(C(=O)O)cc(C2=Cc3cc4ccc(cc5nc(cc6[nH]c(c(-c7cc(C(=O)O)cc(C(=O)O)c7)c2n3)c(-c2cc(C(=O)O)cc(C(=O)O)c2)c6-c2cc(C(=O)O)cc(C(=O)O)c2)C=C5)[nH]4)c1. The van der Waals surface area contributed by atoms with Crippen LogP contribution in [-0.2, 0) is 0 Å². The summed E-state index contributed by atoms with van der Waals surface area (Å²) < 4.78 is 0. The summed E-state index contributed by atoms with van der Waals surface area (Å²) in [6.45, 7) is 0. The van der Waals surface area contributed by atoms with E-state index in [2.05, 4.69) is 9.97 Å². The number of H-pyrrole nitrogens is 2. The van der Waals surface area contributed by atoms with Crippen molar-refractivity contribution in [3.05, 3.63) is 176 Å². The van der Waals surface area contributed by atoms with Crippen LogP contribution in [0.3, 0.4) is 0 Å². The molecule has 0 saturated heterocycles. The zero-order valence-corrected chi connectivity index (χ0v) is 36.3. The molecule has 0 spiro atoms. The van der Waals surface area contributed by atoms with Crippen LogP contribution in [0.4, 0.5) is 0 Å². The van der Waals surface area contributed by atoms with Crippen LogP contribution < -0.4 is 0 Å². The largest absolute Gasteiger partial charge is 0.478 e. The standard InChI is InChI=1S/C52H30N4O16/c57-45(58)25-5-21(6-26(13-25)46(59)60)38-19-37-18-35-2-1-33(53-35)17-34-3-4-36(54-34)20-39-40(22-7-27(47(61)62)14-28(8-22)48(63)64)41(23-9-29(49(65)66)15-30(10-23)50(67)68)44(56-39)42(43(38)55-37)24-11-31(51(69)70)16-32(12-24)52(71)72/h1-20,53,56H,(H,57,58)(H,59,60)(H,61,62)(H,63,64)(H,65,66)(H,67,68)(H,69,70)(H,71,72). The molecule has 0 atom stereocenters. The van der Waals surface area contributed by atoms with Crippen LogP contribution >= 0.6 is 0 Å². The van der Waals surface area contributed by atoms with Crippen LogP contribution in [-0.4, -0.2) is 109 Å². The minimum Gasteiger partial charge on any atom is -0.478 e. The quantitative estimate of drug-likeness (QED) is 0.0547. The molecule has 10 N–H and O–H groups in total. The van der Waals surface area contributed by atoms with Gasteiger partial charge in [-0.2, -0.15) is 0 Å². The van der Waals surface area contributed by atoms with Crippen LogP contribution in [0.25, 0.3) is 79.2 Å². The molecule has 9 rings (SSSR count). The van der Waals surface area contributed by atoms with Gasteiger partial charge >= 0.3 is 47.8 Å². The maximum atomic E-state index is 12.8. The molecule has 4 aromatic carbocycles. The fourth-order valence-corrected chi connectivity index (χ4v) is 8.43. The van der Waals surface area contributed by atoms with E-state index in [1.54, 1.807) is 36.4 Å². The molecule has 0 amide bonds. The molecule has 354 valence electrons. The normalized spacial score (nSPS) is 11.7. The van der Waals surface area contributed by atoms with Crippen LogP contribution in [0, 0.1) is 0 Å². The molecule has 20 nitrogen and oxygen atoms in total. The smallest absolute Gasteiger partial charge is 0.335 e. The number of aromatic carboxylic acids is 8. The number of carbonyl (C=O) groups is 8. The first kappa shape index (κ1) is 46.4. The molecule has 72 heavy (non-hydrogen) atoms. The van der Waals surface area contributed by atoms with Crippen LogP contribution in [0.15, 0.2) is 103 Å². The highest BCUT2D eigenvalue weighted by Gasteiger charge is 2.29. The Balaban J connectivity index is 1.64. The van der Waals surface area contributed by atoms with Gasteiger partial charge in [0.1, 0.15) is 0 Å². The second kappa shape index (κ2) is 17.7. The first-order valence-corrected chi connectivity index (χ1v) is 20.9. The van der Waals surface area contributed by atoms with Gasteiger partial charge in [-0.1, -0.05) is 0 Å². The molecule has 20 heteroatoms. The van der Waals surface area contributed by atoms with E-state index in [4.69, 9.17) is 9.97 Å². The lowest BCUT2D eigenvalue weighted by Crippen LogP contribution is -2.05. The molecule has 2 aliphatic rings.